The summed E-state index contributed by atoms with van der Waals surface area (Å²) in [5.41, 5.74) is 5.95. The zero-order valence-corrected chi connectivity index (χ0v) is 13.4. The molecule has 0 amide bonds. The summed E-state index contributed by atoms with van der Waals surface area (Å²) in [6, 6.07) is 9.87. The molecule has 0 bridgehead atoms. The van der Waals surface area contributed by atoms with Crippen LogP contribution in [0.25, 0.3) is 32.7 Å². The van der Waals surface area contributed by atoms with Crippen molar-refractivity contribution in [2.24, 2.45) is 0 Å². The van der Waals surface area contributed by atoms with Crippen LogP contribution in [-0.2, 0) is 11.3 Å². The monoisotopic (exact) mass is 306 g/mol. The summed E-state index contributed by atoms with van der Waals surface area (Å²) in [6.07, 6.45) is 0. The molecule has 4 rings (SSSR count). The van der Waals surface area contributed by atoms with Gasteiger partial charge in [-0.25, -0.2) is 0 Å². The smallest absolute Gasteiger partial charge is 0.190 e. The lowest BCUT2D eigenvalue weighted by Crippen LogP contribution is -2.08. The number of rotatable bonds is 2. The number of aromatic amines is 2. The van der Waals surface area contributed by atoms with Crippen LogP contribution in [0.15, 0.2) is 35.1 Å². The Morgan fingerprint density at radius 1 is 1.00 bits per heavy atom. The fourth-order valence-corrected chi connectivity index (χ4v) is 3.56. The molecule has 2 aromatic carbocycles. The van der Waals surface area contributed by atoms with E-state index in [0.29, 0.717) is 6.61 Å². The summed E-state index contributed by atoms with van der Waals surface area (Å²) in [5, 5.41) is 3.11. The Balaban J connectivity index is 2.26. The fraction of sp³-hybridized carbons (Fsp3) is 0.211. The first-order chi connectivity index (χ1) is 11.1. The largest absolute Gasteiger partial charge is 0.378 e. The van der Waals surface area contributed by atoms with E-state index >= 15 is 0 Å². The summed E-state index contributed by atoms with van der Waals surface area (Å²) in [5.74, 6) is 0. The van der Waals surface area contributed by atoms with E-state index in [1.54, 1.807) is 13.2 Å². The van der Waals surface area contributed by atoms with E-state index in [2.05, 4.69) is 29.0 Å². The standard InChI is InChI=1S/C19H18N2O2/c1-10-16-13-6-4-5-7-14(13)21-18(16)11(2)17-15(22)8-12(9-23-3)20-19(10)17/h4-8,21H,9H2,1-3H3,(H,20,22). The maximum atomic E-state index is 12.6. The molecule has 0 aliphatic heterocycles. The van der Waals surface area contributed by atoms with Crippen molar-refractivity contribution in [3.63, 3.8) is 0 Å². The van der Waals surface area contributed by atoms with Crippen LogP contribution in [-0.4, -0.2) is 17.1 Å². The van der Waals surface area contributed by atoms with Crippen molar-refractivity contribution in [2.75, 3.05) is 7.11 Å². The number of hydrogen-bond acceptors (Lipinski definition) is 2. The van der Waals surface area contributed by atoms with Crippen molar-refractivity contribution in [2.45, 2.75) is 20.5 Å². The molecule has 0 aliphatic rings. The minimum absolute atomic E-state index is 0.0342. The number of methoxy groups -OCH3 is 1. The fourth-order valence-electron chi connectivity index (χ4n) is 3.56. The van der Waals surface area contributed by atoms with Gasteiger partial charge in [-0.05, 0) is 31.0 Å². The molecule has 23 heavy (non-hydrogen) atoms. The lowest BCUT2D eigenvalue weighted by Gasteiger charge is -2.10. The van der Waals surface area contributed by atoms with Gasteiger partial charge in [0.1, 0.15) is 0 Å². The average molecular weight is 306 g/mol. The zero-order valence-electron chi connectivity index (χ0n) is 13.4. The first-order valence-electron chi connectivity index (χ1n) is 7.66. The molecular weight excluding hydrogens is 288 g/mol. The number of H-pyrrole nitrogens is 2. The molecule has 0 unspecified atom stereocenters. The first-order valence-corrected chi connectivity index (χ1v) is 7.66. The molecule has 0 spiro atoms. The highest BCUT2D eigenvalue weighted by Gasteiger charge is 2.16. The number of para-hydroxylation sites is 1. The molecule has 0 saturated carbocycles. The first kappa shape index (κ1) is 14.0. The van der Waals surface area contributed by atoms with Crippen LogP contribution < -0.4 is 5.43 Å². The van der Waals surface area contributed by atoms with E-state index in [1.807, 2.05) is 19.1 Å². The summed E-state index contributed by atoms with van der Waals surface area (Å²) in [4.78, 5) is 19.5. The highest BCUT2D eigenvalue weighted by atomic mass is 16.5. The Bertz CT molecular complexity index is 1120. The number of hydrogen-bond donors (Lipinski definition) is 2. The van der Waals surface area contributed by atoms with Gasteiger partial charge in [0, 0.05) is 35.2 Å². The van der Waals surface area contributed by atoms with E-state index in [-0.39, 0.29) is 5.43 Å². The number of nitrogens with one attached hydrogen (secondary N) is 2. The van der Waals surface area contributed by atoms with Crippen LogP contribution >= 0.6 is 0 Å². The van der Waals surface area contributed by atoms with Crippen molar-refractivity contribution in [1.29, 1.82) is 0 Å². The van der Waals surface area contributed by atoms with Gasteiger partial charge in [0.2, 0.25) is 0 Å². The Hall–Kier alpha value is -2.59. The van der Waals surface area contributed by atoms with Crippen LogP contribution in [0, 0.1) is 13.8 Å². The van der Waals surface area contributed by atoms with Gasteiger partial charge in [-0.15, -0.1) is 0 Å². The third-order valence-electron chi connectivity index (χ3n) is 4.59. The van der Waals surface area contributed by atoms with Gasteiger partial charge in [0.15, 0.2) is 5.43 Å². The van der Waals surface area contributed by atoms with Crippen molar-refractivity contribution in [3.8, 4) is 0 Å². The number of aromatic nitrogens is 2. The van der Waals surface area contributed by atoms with Gasteiger partial charge in [-0.3, -0.25) is 4.79 Å². The second-order valence-corrected chi connectivity index (χ2v) is 6.01. The molecule has 2 heterocycles. The maximum Gasteiger partial charge on any atom is 0.190 e. The number of benzene rings is 2. The van der Waals surface area contributed by atoms with E-state index in [9.17, 15) is 4.79 Å². The molecule has 2 N–H and O–H groups in total. The van der Waals surface area contributed by atoms with Crippen LogP contribution in [0.2, 0.25) is 0 Å². The quantitative estimate of drug-likeness (QED) is 0.589. The normalized spacial score (nSPS) is 11.8. The number of pyridine rings is 1. The van der Waals surface area contributed by atoms with E-state index in [1.165, 1.54) is 10.8 Å². The molecule has 4 aromatic rings. The highest BCUT2D eigenvalue weighted by molar-refractivity contribution is 6.15. The number of aryl methyl sites for hydroxylation is 2. The Labute approximate surface area is 133 Å². The molecule has 4 nitrogen and oxygen atoms in total. The minimum atomic E-state index is 0.0342. The molecule has 0 fully saturated rings. The van der Waals surface area contributed by atoms with Gasteiger partial charge in [0.25, 0.3) is 0 Å². The summed E-state index contributed by atoms with van der Waals surface area (Å²) >= 11 is 0. The molecule has 0 aliphatic carbocycles. The second-order valence-electron chi connectivity index (χ2n) is 6.01. The van der Waals surface area contributed by atoms with Crippen LogP contribution in [0.5, 0.6) is 0 Å². The topological polar surface area (TPSA) is 57.9 Å². The van der Waals surface area contributed by atoms with Gasteiger partial charge >= 0.3 is 0 Å². The lowest BCUT2D eigenvalue weighted by molar-refractivity contribution is 0.181. The maximum absolute atomic E-state index is 12.6. The number of ether oxygens (including phenoxy) is 1. The SMILES string of the molecule is COCc1cc(=O)c2c(C)c3[nH]c4ccccc4c3c(C)c2[nH]1. The molecule has 2 aromatic heterocycles. The van der Waals surface area contributed by atoms with E-state index in [4.69, 9.17) is 4.74 Å². The Kier molecular flexibility index (Phi) is 3.03. The van der Waals surface area contributed by atoms with Crippen LogP contribution in [0.4, 0.5) is 0 Å². The molecule has 0 radical (unpaired) electrons. The Morgan fingerprint density at radius 2 is 1.70 bits per heavy atom. The van der Waals surface area contributed by atoms with Gasteiger partial charge < -0.3 is 14.7 Å². The molecule has 116 valence electrons. The Morgan fingerprint density at radius 3 is 2.48 bits per heavy atom. The second kappa shape index (κ2) is 4.96. The lowest BCUT2D eigenvalue weighted by atomic mass is 9.98. The van der Waals surface area contributed by atoms with Gasteiger partial charge in [0.05, 0.1) is 23.0 Å². The van der Waals surface area contributed by atoms with Crippen LogP contribution in [0.3, 0.4) is 0 Å². The predicted octanol–water partition coefficient (Wildman–Crippen LogP) is 3.93. The number of fused-ring (bicyclic) bond motifs is 4. The zero-order chi connectivity index (χ0) is 16.1. The summed E-state index contributed by atoms with van der Waals surface area (Å²) in [7, 11) is 1.63. The van der Waals surface area contributed by atoms with Gasteiger partial charge in [-0.2, -0.15) is 0 Å². The molecule has 4 heteroatoms. The molecule has 0 saturated heterocycles. The molecular formula is C19H18N2O2. The highest BCUT2D eigenvalue weighted by Crippen LogP contribution is 2.34. The third kappa shape index (κ3) is 1.92. The summed E-state index contributed by atoms with van der Waals surface area (Å²) in [6.45, 7) is 4.47. The van der Waals surface area contributed by atoms with Gasteiger partial charge in [-0.1, -0.05) is 18.2 Å². The third-order valence-corrected chi connectivity index (χ3v) is 4.59. The van der Waals surface area contributed by atoms with Crippen molar-refractivity contribution in [1.82, 2.24) is 9.97 Å². The van der Waals surface area contributed by atoms with E-state index in [0.717, 1.165) is 38.8 Å². The minimum Gasteiger partial charge on any atom is -0.378 e. The van der Waals surface area contributed by atoms with Crippen molar-refractivity contribution < 1.29 is 4.74 Å². The average Bonchev–Trinajstić information content (AvgIpc) is 2.92. The van der Waals surface area contributed by atoms with E-state index < -0.39 is 0 Å². The van der Waals surface area contributed by atoms with Crippen molar-refractivity contribution in [3.05, 3.63) is 57.4 Å². The summed E-state index contributed by atoms with van der Waals surface area (Å²) < 4.78 is 5.17. The molecule has 0 atom stereocenters. The van der Waals surface area contributed by atoms with Crippen molar-refractivity contribution >= 4 is 32.7 Å². The predicted molar refractivity (Wildman–Crippen MR) is 94.1 cm³/mol. The van der Waals surface area contributed by atoms with Crippen LogP contribution in [0.1, 0.15) is 16.8 Å².